The van der Waals surface area contributed by atoms with E-state index in [0.717, 1.165) is 54.1 Å². The lowest BCUT2D eigenvalue weighted by Crippen LogP contribution is -2.39. The van der Waals surface area contributed by atoms with E-state index in [2.05, 4.69) is 10.3 Å². The summed E-state index contributed by atoms with van der Waals surface area (Å²) in [5, 5.41) is 2.84. The number of aromatic nitrogens is 1. The fraction of sp³-hybridized carbons (Fsp3) is 0.450. The van der Waals surface area contributed by atoms with Crippen LogP contribution < -0.4 is 10.2 Å². The molecule has 1 N–H and O–H groups in total. The Morgan fingerprint density at radius 2 is 2.00 bits per heavy atom. The number of rotatable bonds is 8. The van der Waals surface area contributed by atoms with E-state index in [1.54, 1.807) is 6.92 Å². The van der Waals surface area contributed by atoms with Gasteiger partial charge < -0.3 is 4.74 Å². The second kappa shape index (κ2) is 10.9. The number of thioether (sulfide) groups is 1. The number of amides is 2. The summed E-state index contributed by atoms with van der Waals surface area (Å²) in [5.74, 6) is -4.44. The largest absolute Gasteiger partial charge is 0.465 e. The number of hydrogen-bond acceptors (Lipinski definition) is 6. The molecule has 6 nitrogen and oxygen atoms in total. The second-order valence-corrected chi connectivity index (χ2v) is 9.27. The number of ether oxygens (including phenoxy) is 1. The molecule has 1 aliphatic carbocycles. The van der Waals surface area contributed by atoms with E-state index in [1.165, 1.54) is 18.0 Å². The average molecular weight is 474 g/mol. The lowest BCUT2D eigenvalue weighted by Gasteiger charge is -2.26. The van der Waals surface area contributed by atoms with Gasteiger partial charge in [-0.3, -0.25) is 15.0 Å². The first kappa shape index (κ1) is 23.4. The number of carbonyl (C=O) groups is 2. The topological polar surface area (TPSA) is 71.5 Å². The Balaban J connectivity index is 1.73. The van der Waals surface area contributed by atoms with E-state index in [9.17, 15) is 22.8 Å². The highest BCUT2D eigenvalue weighted by molar-refractivity contribution is 8.01. The maximum Gasteiger partial charge on any atom is 0.328 e. The fourth-order valence-corrected chi connectivity index (χ4v) is 5.00. The first-order valence-electron chi connectivity index (χ1n) is 9.85. The lowest BCUT2D eigenvalue weighted by molar-refractivity contribution is -0.139. The monoisotopic (exact) mass is 473 g/mol. The van der Waals surface area contributed by atoms with Gasteiger partial charge in [-0.25, -0.2) is 22.9 Å². The normalized spacial score (nSPS) is 13.9. The fourth-order valence-electron chi connectivity index (χ4n) is 3.34. The number of benzene rings is 1. The molecule has 0 atom stereocenters. The van der Waals surface area contributed by atoms with Crippen molar-refractivity contribution in [2.45, 2.75) is 36.8 Å². The highest BCUT2D eigenvalue weighted by Gasteiger charge is 2.28. The molecule has 0 unspecified atom stereocenters. The number of esters is 1. The lowest BCUT2D eigenvalue weighted by atomic mass is 10.1. The van der Waals surface area contributed by atoms with Crippen molar-refractivity contribution in [2.75, 3.05) is 29.1 Å². The van der Waals surface area contributed by atoms with Crippen LogP contribution in [0.25, 0.3) is 0 Å². The molecule has 1 aromatic heterocycles. The van der Waals surface area contributed by atoms with E-state index < -0.39 is 23.5 Å². The van der Waals surface area contributed by atoms with Crippen LogP contribution in [0.2, 0.25) is 0 Å². The van der Waals surface area contributed by atoms with Crippen LogP contribution in [0.3, 0.4) is 0 Å². The molecule has 1 aliphatic rings. The van der Waals surface area contributed by atoms with Gasteiger partial charge in [-0.1, -0.05) is 24.2 Å². The van der Waals surface area contributed by atoms with E-state index in [-0.39, 0.29) is 35.0 Å². The Bertz CT molecular complexity index is 936. The van der Waals surface area contributed by atoms with Crippen molar-refractivity contribution in [2.24, 2.45) is 5.92 Å². The van der Waals surface area contributed by atoms with E-state index in [1.807, 2.05) is 0 Å². The maximum atomic E-state index is 14.4. The van der Waals surface area contributed by atoms with Crippen molar-refractivity contribution in [1.82, 2.24) is 4.98 Å². The Labute approximate surface area is 186 Å². The first-order valence-corrected chi connectivity index (χ1v) is 11.7. The molecular formula is C20H22F3N3O3S2. The zero-order valence-corrected chi connectivity index (χ0v) is 18.5. The van der Waals surface area contributed by atoms with Crippen LogP contribution >= 0.6 is 23.1 Å². The molecule has 3 rings (SSSR count). The number of nitrogens with one attached hydrogen (secondary N) is 1. The molecule has 1 saturated carbocycles. The summed E-state index contributed by atoms with van der Waals surface area (Å²) in [7, 11) is 0. The Kier molecular flexibility index (Phi) is 8.19. The molecule has 0 bridgehead atoms. The van der Waals surface area contributed by atoms with Crippen molar-refractivity contribution in [3.8, 4) is 0 Å². The quantitative estimate of drug-likeness (QED) is 0.314. The molecule has 11 heteroatoms. The van der Waals surface area contributed by atoms with Crippen molar-refractivity contribution < 1.29 is 27.5 Å². The smallest absolute Gasteiger partial charge is 0.328 e. The minimum absolute atomic E-state index is 0.108. The minimum atomic E-state index is -1.62. The van der Waals surface area contributed by atoms with Crippen molar-refractivity contribution >= 4 is 45.9 Å². The zero-order valence-electron chi connectivity index (χ0n) is 16.8. The van der Waals surface area contributed by atoms with E-state index in [4.69, 9.17) is 4.74 Å². The third-order valence-corrected chi connectivity index (χ3v) is 6.88. The predicted octanol–water partition coefficient (Wildman–Crippen LogP) is 5.44. The van der Waals surface area contributed by atoms with Gasteiger partial charge in [0.1, 0.15) is 0 Å². The molecule has 168 valence electrons. The summed E-state index contributed by atoms with van der Waals surface area (Å²) in [5.41, 5.74) is -0.322. The molecule has 0 radical (unpaired) electrons. The van der Waals surface area contributed by atoms with Crippen LogP contribution in [0.15, 0.2) is 22.5 Å². The summed E-state index contributed by atoms with van der Waals surface area (Å²) in [6.07, 6.45) is 5.27. The van der Waals surface area contributed by atoms with Crippen molar-refractivity contribution in [3.05, 3.63) is 35.8 Å². The maximum absolute atomic E-state index is 14.4. The third-order valence-electron chi connectivity index (χ3n) is 4.80. The van der Waals surface area contributed by atoms with Crippen molar-refractivity contribution in [1.29, 1.82) is 0 Å². The molecule has 1 aromatic carbocycles. The molecule has 2 amide bonds. The summed E-state index contributed by atoms with van der Waals surface area (Å²) in [6.45, 7) is 2.19. The van der Waals surface area contributed by atoms with Crippen LogP contribution in [0.5, 0.6) is 0 Å². The summed E-state index contributed by atoms with van der Waals surface area (Å²) in [4.78, 5) is 29.6. The highest BCUT2D eigenvalue weighted by Crippen LogP contribution is 2.32. The molecule has 0 spiro atoms. The van der Waals surface area contributed by atoms with Gasteiger partial charge in [-0.05, 0) is 37.8 Å². The third kappa shape index (κ3) is 6.13. The van der Waals surface area contributed by atoms with Crippen LogP contribution in [0.1, 0.15) is 32.6 Å². The number of hydrogen-bond donors (Lipinski definition) is 1. The van der Waals surface area contributed by atoms with Gasteiger partial charge in [0.2, 0.25) is 0 Å². The van der Waals surface area contributed by atoms with Crippen LogP contribution in [0.4, 0.5) is 28.8 Å². The van der Waals surface area contributed by atoms with Gasteiger partial charge in [0.05, 0.1) is 28.5 Å². The number of nitrogens with zero attached hydrogens (tertiary/aromatic N) is 2. The average Bonchev–Trinajstić information content (AvgIpc) is 3.41. The van der Waals surface area contributed by atoms with Gasteiger partial charge in [0, 0.05) is 6.54 Å². The van der Waals surface area contributed by atoms with Gasteiger partial charge in [0.25, 0.3) is 0 Å². The number of halogens is 3. The highest BCUT2D eigenvalue weighted by atomic mass is 32.2. The first-order chi connectivity index (χ1) is 14.9. The summed E-state index contributed by atoms with van der Waals surface area (Å²) in [6, 6.07) is 1.18. The molecule has 1 heterocycles. The number of carbonyl (C=O) groups excluding carboxylic acids is 2. The van der Waals surface area contributed by atoms with Crippen LogP contribution in [0, 0.1) is 23.4 Å². The van der Waals surface area contributed by atoms with Crippen LogP contribution in [-0.2, 0) is 9.53 Å². The SMILES string of the molecule is CCOC(=O)CSc1cnc(NC(=O)N(CC2CCCC2)c2ccc(F)c(F)c2F)s1. The second-order valence-electron chi connectivity index (χ2n) is 6.96. The van der Waals surface area contributed by atoms with Gasteiger partial charge in [-0.15, -0.1) is 11.8 Å². The zero-order chi connectivity index (χ0) is 22.4. The van der Waals surface area contributed by atoms with E-state index in [0.29, 0.717) is 10.8 Å². The molecule has 0 aliphatic heterocycles. The molecule has 1 fully saturated rings. The summed E-state index contributed by atoms with van der Waals surface area (Å²) >= 11 is 2.36. The molecular weight excluding hydrogens is 451 g/mol. The predicted molar refractivity (Wildman–Crippen MR) is 114 cm³/mol. The van der Waals surface area contributed by atoms with E-state index >= 15 is 0 Å². The Morgan fingerprint density at radius 3 is 2.71 bits per heavy atom. The van der Waals surface area contributed by atoms with Crippen LogP contribution in [-0.4, -0.2) is 35.9 Å². The molecule has 0 saturated heterocycles. The minimum Gasteiger partial charge on any atom is -0.465 e. The Hall–Kier alpha value is -2.27. The van der Waals surface area contributed by atoms with Gasteiger partial charge in [0.15, 0.2) is 22.6 Å². The number of urea groups is 1. The van der Waals surface area contributed by atoms with Gasteiger partial charge in [-0.2, -0.15) is 0 Å². The number of anilines is 2. The summed E-state index contributed by atoms with van der Waals surface area (Å²) < 4.78 is 47.2. The van der Waals surface area contributed by atoms with Crippen molar-refractivity contribution in [3.63, 3.8) is 0 Å². The molecule has 31 heavy (non-hydrogen) atoms. The Morgan fingerprint density at radius 1 is 1.26 bits per heavy atom. The van der Waals surface area contributed by atoms with Gasteiger partial charge >= 0.3 is 12.0 Å². The standard InChI is InChI=1S/C20H22F3N3O3S2/c1-2-29-15(27)11-30-16-9-24-19(31-16)25-20(28)26(10-12-5-3-4-6-12)14-8-7-13(21)17(22)18(14)23/h7-9,12H,2-6,10-11H2,1H3,(H,24,25,28). The number of thiazole rings is 1. The molecule has 2 aromatic rings.